The van der Waals surface area contributed by atoms with E-state index in [1.807, 2.05) is 17.5 Å². The minimum Gasteiger partial charge on any atom is -0.387 e. The van der Waals surface area contributed by atoms with Crippen LogP contribution in [0.15, 0.2) is 18.6 Å². The molecular formula is C10H14N4O. The van der Waals surface area contributed by atoms with Crippen LogP contribution in [0.2, 0.25) is 0 Å². The van der Waals surface area contributed by atoms with Crippen molar-refractivity contribution in [2.45, 2.75) is 19.4 Å². The van der Waals surface area contributed by atoms with E-state index in [1.54, 1.807) is 12.4 Å². The molecule has 1 atom stereocenters. The molecule has 15 heavy (non-hydrogen) atoms. The topological polar surface area (TPSA) is 76.4 Å². The van der Waals surface area contributed by atoms with Crippen LogP contribution in [-0.2, 0) is 0 Å². The maximum absolute atomic E-state index is 9.85. The van der Waals surface area contributed by atoms with E-state index in [0.29, 0.717) is 18.7 Å². The van der Waals surface area contributed by atoms with Gasteiger partial charge >= 0.3 is 0 Å². The third-order valence-electron chi connectivity index (χ3n) is 2.41. The van der Waals surface area contributed by atoms with Crippen molar-refractivity contribution in [3.05, 3.63) is 30.1 Å². The van der Waals surface area contributed by atoms with Gasteiger partial charge in [0.15, 0.2) is 0 Å². The van der Waals surface area contributed by atoms with Crippen molar-refractivity contribution in [2.24, 2.45) is 5.73 Å². The SMILES string of the molecule is Cc1nc(C(O)CCN)c2cnccn12. The van der Waals surface area contributed by atoms with Crippen LogP contribution < -0.4 is 5.73 Å². The second-order valence-corrected chi connectivity index (χ2v) is 3.47. The summed E-state index contributed by atoms with van der Waals surface area (Å²) in [6, 6.07) is 0. The molecule has 0 radical (unpaired) electrons. The van der Waals surface area contributed by atoms with Crippen LogP contribution in [0.4, 0.5) is 0 Å². The predicted octanol–water partition coefficient (Wildman–Crippen LogP) is 0.420. The number of aromatic nitrogens is 3. The van der Waals surface area contributed by atoms with Crippen LogP contribution in [0.25, 0.3) is 5.52 Å². The fourth-order valence-electron chi connectivity index (χ4n) is 1.66. The number of nitrogens with zero attached hydrogens (tertiary/aromatic N) is 3. The lowest BCUT2D eigenvalue weighted by Gasteiger charge is -2.05. The first-order valence-corrected chi connectivity index (χ1v) is 4.90. The zero-order chi connectivity index (χ0) is 10.8. The van der Waals surface area contributed by atoms with Crippen LogP contribution in [-0.4, -0.2) is 26.0 Å². The molecule has 1 unspecified atom stereocenters. The average molecular weight is 206 g/mol. The van der Waals surface area contributed by atoms with Crippen LogP contribution >= 0.6 is 0 Å². The lowest BCUT2D eigenvalue weighted by molar-refractivity contribution is 0.167. The molecule has 0 aliphatic carbocycles. The van der Waals surface area contributed by atoms with Gasteiger partial charge < -0.3 is 15.2 Å². The van der Waals surface area contributed by atoms with E-state index in [-0.39, 0.29) is 0 Å². The molecule has 5 nitrogen and oxygen atoms in total. The van der Waals surface area contributed by atoms with Gasteiger partial charge in [0.1, 0.15) is 5.82 Å². The summed E-state index contributed by atoms with van der Waals surface area (Å²) in [7, 11) is 0. The molecule has 2 aromatic heterocycles. The van der Waals surface area contributed by atoms with E-state index in [1.165, 1.54) is 0 Å². The fraction of sp³-hybridized carbons (Fsp3) is 0.400. The van der Waals surface area contributed by atoms with Gasteiger partial charge in [-0.1, -0.05) is 0 Å². The number of aliphatic hydroxyl groups is 1. The average Bonchev–Trinajstić information content (AvgIpc) is 2.58. The van der Waals surface area contributed by atoms with E-state index in [4.69, 9.17) is 5.73 Å². The second kappa shape index (κ2) is 3.96. The highest BCUT2D eigenvalue weighted by Crippen LogP contribution is 2.20. The highest BCUT2D eigenvalue weighted by molar-refractivity contribution is 5.52. The van der Waals surface area contributed by atoms with Crippen molar-refractivity contribution in [1.29, 1.82) is 0 Å². The van der Waals surface area contributed by atoms with E-state index in [9.17, 15) is 5.11 Å². The number of hydrogen-bond donors (Lipinski definition) is 2. The van der Waals surface area contributed by atoms with E-state index < -0.39 is 6.10 Å². The molecule has 0 aliphatic rings. The molecule has 0 saturated carbocycles. The zero-order valence-corrected chi connectivity index (χ0v) is 8.59. The van der Waals surface area contributed by atoms with Crippen molar-refractivity contribution >= 4 is 5.52 Å². The van der Waals surface area contributed by atoms with E-state index in [2.05, 4.69) is 9.97 Å². The summed E-state index contributed by atoms with van der Waals surface area (Å²) >= 11 is 0. The number of aryl methyl sites for hydroxylation is 1. The van der Waals surface area contributed by atoms with Crippen molar-refractivity contribution in [1.82, 2.24) is 14.4 Å². The van der Waals surface area contributed by atoms with Gasteiger partial charge in [0.25, 0.3) is 0 Å². The Morgan fingerprint density at radius 2 is 2.40 bits per heavy atom. The van der Waals surface area contributed by atoms with Gasteiger partial charge in [0, 0.05) is 12.4 Å². The van der Waals surface area contributed by atoms with Crippen LogP contribution in [0.5, 0.6) is 0 Å². The molecule has 0 aliphatic heterocycles. The maximum Gasteiger partial charge on any atom is 0.110 e. The normalized spacial score (nSPS) is 13.3. The molecule has 0 fully saturated rings. The summed E-state index contributed by atoms with van der Waals surface area (Å²) in [6.07, 6.45) is 5.13. The van der Waals surface area contributed by atoms with Crippen LogP contribution in [0, 0.1) is 6.92 Å². The van der Waals surface area contributed by atoms with Gasteiger partial charge in [-0.3, -0.25) is 4.98 Å². The summed E-state index contributed by atoms with van der Waals surface area (Å²) in [5, 5.41) is 9.85. The van der Waals surface area contributed by atoms with Crippen LogP contribution in [0.1, 0.15) is 24.0 Å². The molecular weight excluding hydrogens is 192 g/mol. The number of hydrogen-bond acceptors (Lipinski definition) is 4. The van der Waals surface area contributed by atoms with Crippen molar-refractivity contribution in [2.75, 3.05) is 6.54 Å². The molecule has 0 bridgehead atoms. The molecule has 0 saturated heterocycles. The van der Waals surface area contributed by atoms with Gasteiger partial charge in [0.2, 0.25) is 0 Å². The lowest BCUT2D eigenvalue weighted by atomic mass is 10.2. The molecule has 3 N–H and O–H groups in total. The summed E-state index contributed by atoms with van der Waals surface area (Å²) in [5.41, 5.74) is 6.91. The molecule has 2 heterocycles. The van der Waals surface area contributed by atoms with Gasteiger partial charge in [-0.25, -0.2) is 4.98 Å². The first-order chi connectivity index (χ1) is 7.24. The van der Waals surface area contributed by atoms with Gasteiger partial charge in [-0.15, -0.1) is 0 Å². The molecule has 2 aromatic rings. The van der Waals surface area contributed by atoms with E-state index >= 15 is 0 Å². The van der Waals surface area contributed by atoms with Gasteiger partial charge in [-0.2, -0.15) is 0 Å². The number of fused-ring (bicyclic) bond motifs is 1. The summed E-state index contributed by atoms with van der Waals surface area (Å²) < 4.78 is 1.90. The fourth-order valence-corrected chi connectivity index (χ4v) is 1.66. The third-order valence-corrected chi connectivity index (χ3v) is 2.41. The summed E-state index contributed by atoms with van der Waals surface area (Å²) in [6.45, 7) is 2.34. The largest absolute Gasteiger partial charge is 0.387 e. The van der Waals surface area contributed by atoms with Crippen LogP contribution in [0.3, 0.4) is 0 Å². The smallest absolute Gasteiger partial charge is 0.110 e. The Bertz CT molecular complexity index is 465. The van der Waals surface area contributed by atoms with Crippen molar-refractivity contribution < 1.29 is 5.11 Å². The monoisotopic (exact) mass is 206 g/mol. The Kier molecular flexibility index (Phi) is 2.66. The highest BCUT2D eigenvalue weighted by Gasteiger charge is 2.15. The summed E-state index contributed by atoms with van der Waals surface area (Å²) in [5.74, 6) is 0.846. The second-order valence-electron chi connectivity index (χ2n) is 3.47. The van der Waals surface area contributed by atoms with Crippen molar-refractivity contribution in [3.8, 4) is 0 Å². The number of aliphatic hydroxyl groups excluding tert-OH is 1. The lowest BCUT2D eigenvalue weighted by Crippen LogP contribution is -2.07. The minimum atomic E-state index is -0.608. The first-order valence-electron chi connectivity index (χ1n) is 4.90. The molecule has 5 heteroatoms. The number of nitrogens with two attached hydrogens (primary N) is 1. The van der Waals surface area contributed by atoms with Gasteiger partial charge in [-0.05, 0) is 19.9 Å². The third kappa shape index (κ3) is 1.71. The maximum atomic E-state index is 9.85. The van der Waals surface area contributed by atoms with Gasteiger partial charge in [0.05, 0.1) is 23.5 Å². The zero-order valence-electron chi connectivity index (χ0n) is 8.59. The molecule has 0 aromatic carbocycles. The Labute approximate surface area is 87.6 Å². The predicted molar refractivity (Wildman–Crippen MR) is 56.4 cm³/mol. The molecule has 2 rings (SSSR count). The Morgan fingerprint density at radius 1 is 1.60 bits per heavy atom. The molecule has 0 amide bonds. The quantitative estimate of drug-likeness (QED) is 0.763. The van der Waals surface area contributed by atoms with Crippen molar-refractivity contribution in [3.63, 3.8) is 0 Å². The standard InChI is InChI=1S/C10H14N4O/c1-7-13-10(9(15)2-3-11)8-6-12-4-5-14(7)8/h4-6,9,15H,2-3,11H2,1H3. The molecule has 0 spiro atoms. The number of imidazole rings is 1. The minimum absolute atomic E-state index is 0.444. The highest BCUT2D eigenvalue weighted by atomic mass is 16.3. The summed E-state index contributed by atoms with van der Waals surface area (Å²) in [4.78, 5) is 8.35. The Morgan fingerprint density at radius 3 is 3.13 bits per heavy atom. The number of rotatable bonds is 3. The van der Waals surface area contributed by atoms with E-state index in [0.717, 1.165) is 11.3 Å². The molecule has 80 valence electrons. The Balaban J connectivity index is 2.52. The first kappa shape index (κ1) is 10.1. The Hall–Kier alpha value is -1.46.